The Bertz CT molecular complexity index is 374. The first kappa shape index (κ1) is 9.19. The average molecular weight is 190 g/mol. The van der Waals surface area contributed by atoms with Gasteiger partial charge in [0.15, 0.2) is 5.78 Å². The van der Waals surface area contributed by atoms with Gasteiger partial charge >= 0.3 is 0 Å². The van der Waals surface area contributed by atoms with Gasteiger partial charge in [-0.1, -0.05) is 0 Å². The second-order valence-electron chi connectivity index (χ2n) is 3.77. The monoisotopic (exact) mass is 190 g/mol. The van der Waals surface area contributed by atoms with Crippen molar-refractivity contribution < 1.29 is 4.79 Å². The number of anilines is 1. The fourth-order valence-electron chi connectivity index (χ4n) is 1.85. The molecule has 0 saturated carbocycles. The van der Waals surface area contributed by atoms with Crippen LogP contribution in [0.2, 0.25) is 0 Å². The zero-order valence-electron chi connectivity index (χ0n) is 8.58. The van der Waals surface area contributed by atoms with Crippen molar-refractivity contribution in [2.75, 3.05) is 18.0 Å². The number of aromatic nitrogens is 1. The van der Waals surface area contributed by atoms with Crippen molar-refractivity contribution in [1.82, 2.24) is 4.98 Å². The van der Waals surface area contributed by atoms with Crippen LogP contribution in [0, 0.1) is 13.8 Å². The van der Waals surface area contributed by atoms with Crippen LogP contribution in [0.25, 0.3) is 0 Å². The largest absolute Gasteiger partial charge is 0.362 e. The Morgan fingerprint density at radius 1 is 1.36 bits per heavy atom. The molecule has 2 rings (SSSR count). The van der Waals surface area contributed by atoms with Crippen molar-refractivity contribution in [2.24, 2.45) is 0 Å². The Kier molecular flexibility index (Phi) is 2.23. The average Bonchev–Trinajstić information content (AvgIpc) is 2.51. The maximum atomic E-state index is 11.1. The topological polar surface area (TPSA) is 33.2 Å². The lowest BCUT2D eigenvalue weighted by molar-refractivity contribution is -0.116. The van der Waals surface area contributed by atoms with Gasteiger partial charge in [0, 0.05) is 18.7 Å². The summed E-state index contributed by atoms with van der Waals surface area (Å²) in [5.41, 5.74) is 3.14. The maximum absolute atomic E-state index is 11.1. The van der Waals surface area contributed by atoms with Gasteiger partial charge in [-0.3, -0.25) is 9.78 Å². The third-order valence-electron chi connectivity index (χ3n) is 2.57. The van der Waals surface area contributed by atoms with Crippen molar-refractivity contribution in [1.29, 1.82) is 0 Å². The summed E-state index contributed by atoms with van der Waals surface area (Å²) in [6.45, 7) is 5.35. The van der Waals surface area contributed by atoms with Crippen LogP contribution in [-0.2, 0) is 4.79 Å². The molecule has 0 aliphatic carbocycles. The molecule has 0 atom stereocenters. The zero-order valence-corrected chi connectivity index (χ0v) is 8.58. The number of hydrogen-bond donors (Lipinski definition) is 0. The number of hydrogen-bond acceptors (Lipinski definition) is 3. The van der Waals surface area contributed by atoms with Crippen molar-refractivity contribution >= 4 is 11.5 Å². The predicted molar refractivity (Wildman–Crippen MR) is 55.5 cm³/mol. The molecule has 1 aromatic rings. The van der Waals surface area contributed by atoms with E-state index in [0.29, 0.717) is 18.7 Å². The van der Waals surface area contributed by atoms with Crippen LogP contribution < -0.4 is 4.90 Å². The van der Waals surface area contributed by atoms with Gasteiger partial charge in [0.05, 0.1) is 17.9 Å². The van der Waals surface area contributed by atoms with Gasteiger partial charge in [-0.25, -0.2) is 0 Å². The predicted octanol–water partition coefficient (Wildman–Crippen LogP) is 1.48. The molecule has 0 N–H and O–H groups in total. The molecule has 1 fully saturated rings. The number of rotatable bonds is 1. The quantitative estimate of drug-likeness (QED) is 0.672. The number of carbonyl (C=O) groups is 1. The molecular formula is C11H14N2O. The molecule has 0 amide bonds. The fraction of sp³-hybridized carbons (Fsp3) is 0.455. The molecule has 74 valence electrons. The van der Waals surface area contributed by atoms with Crippen LogP contribution >= 0.6 is 0 Å². The molecule has 1 aliphatic rings. The van der Waals surface area contributed by atoms with E-state index >= 15 is 0 Å². The standard InChI is InChI=1S/C11H14N2O/c1-8-3-4-11(9(2)12-8)13-6-5-10(14)7-13/h3-4H,5-7H2,1-2H3. The van der Waals surface area contributed by atoms with Crippen LogP contribution in [0.15, 0.2) is 12.1 Å². The fourth-order valence-corrected chi connectivity index (χ4v) is 1.85. The highest BCUT2D eigenvalue weighted by Crippen LogP contribution is 2.21. The van der Waals surface area contributed by atoms with Crippen LogP contribution in [0.3, 0.4) is 0 Å². The Morgan fingerprint density at radius 3 is 2.71 bits per heavy atom. The molecule has 3 heteroatoms. The summed E-state index contributed by atoms with van der Waals surface area (Å²) in [5, 5.41) is 0. The van der Waals surface area contributed by atoms with Crippen molar-refractivity contribution in [3.8, 4) is 0 Å². The van der Waals surface area contributed by atoms with Gasteiger partial charge in [-0.2, -0.15) is 0 Å². The van der Waals surface area contributed by atoms with Crippen LogP contribution in [0.5, 0.6) is 0 Å². The first-order chi connectivity index (χ1) is 6.66. The van der Waals surface area contributed by atoms with E-state index in [2.05, 4.69) is 16.0 Å². The van der Waals surface area contributed by atoms with Crippen molar-refractivity contribution in [3.05, 3.63) is 23.5 Å². The second kappa shape index (κ2) is 3.40. The SMILES string of the molecule is Cc1ccc(N2CCC(=O)C2)c(C)n1. The first-order valence-corrected chi connectivity index (χ1v) is 4.88. The first-order valence-electron chi connectivity index (χ1n) is 4.88. The summed E-state index contributed by atoms with van der Waals surface area (Å²) in [6.07, 6.45) is 0.674. The third kappa shape index (κ3) is 1.62. The lowest BCUT2D eigenvalue weighted by Gasteiger charge is -2.18. The van der Waals surface area contributed by atoms with Crippen LogP contribution in [0.4, 0.5) is 5.69 Å². The summed E-state index contributed by atoms with van der Waals surface area (Å²) in [4.78, 5) is 17.6. The van der Waals surface area contributed by atoms with Gasteiger partial charge in [0.2, 0.25) is 0 Å². The molecular weight excluding hydrogens is 176 g/mol. The minimum atomic E-state index is 0.324. The van der Waals surface area contributed by atoms with E-state index in [4.69, 9.17) is 0 Å². The molecule has 2 heterocycles. The third-order valence-corrected chi connectivity index (χ3v) is 2.57. The lowest BCUT2D eigenvalue weighted by Crippen LogP contribution is -2.20. The lowest BCUT2D eigenvalue weighted by atomic mass is 10.2. The molecule has 14 heavy (non-hydrogen) atoms. The number of carbonyl (C=O) groups excluding carboxylic acids is 1. The van der Waals surface area contributed by atoms with E-state index in [-0.39, 0.29) is 0 Å². The van der Waals surface area contributed by atoms with E-state index in [1.165, 1.54) is 0 Å². The van der Waals surface area contributed by atoms with Crippen LogP contribution in [-0.4, -0.2) is 23.9 Å². The molecule has 3 nitrogen and oxygen atoms in total. The minimum absolute atomic E-state index is 0.324. The summed E-state index contributed by atoms with van der Waals surface area (Å²) in [5.74, 6) is 0.324. The number of nitrogens with zero attached hydrogens (tertiary/aromatic N) is 2. The summed E-state index contributed by atoms with van der Waals surface area (Å²) in [7, 11) is 0. The Labute approximate surface area is 83.8 Å². The number of aryl methyl sites for hydroxylation is 2. The number of Topliss-reactive ketones (excluding diaryl/α,β-unsaturated/α-hetero) is 1. The van der Waals surface area contributed by atoms with E-state index < -0.39 is 0 Å². The van der Waals surface area contributed by atoms with Gasteiger partial charge in [-0.15, -0.1) is 0 Å². The van der Waals surface area contributed by atoms with Gasteiger partial charge in [0.1, 0.15) is 0 Å². The number of pyridine rings is 1. The highest BCUT2D eigenvalue weighted by atomic mass is 16.1. The van der Waals surface area contributed by atoms with E-state index in [0.717, 1.165) is 23.6 Å². The molecule has 0 radical (unpaired) electrons. The molecule has 0 bridgehead atoms. The zero-order chi connectivity index (χ0) is 10.1. The summed E-state index contributed by atoms with van der Waals surface area (Å²) >= 11 is 0. The smallest absolute Gasteiger partial charge is 0.153 e. The number of ketones is 1. The molecule has 0 aromatic carbocycles. The van der Waals surface area contributed by atoms with E-state index in [1.807, 2.05) is 19.9 Å². The molecule has 0 spiro atoms. The van der Waals surface area contributed by atoms with Gasteiger partial charge < -0.3 is 4.90 Å². The van der Waals surface area contributed by atoms with Crippen molar-refractivity contribution in [3.63, 3.8) is 0 Å². The van der Waals surface area contributed by atoms with Gasteiger partial charge in [-0.05, 0) is 26.0 Å². The Balaban J connectivity index is 2.28. The summed E-state index contributed by atoms with van der Waals surface area (Å²) < 4.78 is 0. The molecule has 0 unspecified atom stereocenters. The molecule has 1 aromatic heterocycles. The summed E-state index contributed by atoms with van der Waals surface area (Å²) in [6, 6.07) is 4.04. The van der Waals surface area contributed by atoms with E-state index in [9.17, 15) is 4.79 Å². The van der Waals surface area contributed by atoms with Crippen LogP contribution in [0.1, 0.15) is 17.8 Å². The normalized spacial score (nSPS) is 16.4. The maximum Gasteiger partial charge on any atom is 0.153 e. The van der Waals surface area contributed by atoms with Gasteiger partial charge in [0.25, 0.3) is 0 Å². The highest BCUT2D eigenvalue weighted by Gasteiger charge is 2.20. The molecule has 1 aliphatic heterocycles. The highest BCUT2D eigenvalue weighted by molar-refractivity contribution is 5.87. The van der Waals surface area contributed by atoms with Crippen molar-refractivity contribution in [2.45, 2.75) is 20.3 Å². The Morgan fingerprint density at radius 2 is 2.14 bits per heavy atom. The molecule has 1 saturated heterocycles. The second-order valence-corrected chi connectivity index (χ2v) is 3.77. The minimum Gasteiger partial charge on any atom is -0.362 e. The Hall–Kier alpha value is -1.38. The van der Waals surface area contributed by atoms with E-state index in [1.54, 1.807) is 0 Å².